The van der Waals surface area contributed by atoms with E-state index in [9.17, 15) is 15.1 Å². The van der Waals surface area contributed by atoms with Crippen molar-refractivity contribution in [3.63, 3.8) is 0 Å². The quantitative estimate of drug-likeness (QED) is 0.453. The fourth-order valence-electron chi connectivity index (χ4n) is 5.20. The summed E-state index contributed by atoms with van der Waals surface area (Å²) < 4.78 is 2.17. The van der Waals surface area contributed by atoms with E-state index in [0.717, 1.165) is 29.3 Å². The molecule has 5 nitrogen and oxygen atoms in total. The van der Waals surface area contributed by atoms with Gasteiger partial charge in [0.05, 0.1) is 29.0 Å². The fourth-order valence-corrected chi connectivity index (χ4v) is 5.20. The van der Waals surface area contributed by atoms with Crippen LogP contribution in [0.5, 0.6) is 0 Å². The van der Waals surface area contributed by atoms with E-state index in [2.05, 4.69) is 27.9 Å². The predicted octanol–water partition coefficient (Wildman–Crippen LogP) is 5.44. The highest BCUT2D eigenvalue weighted by atomic mass is 16.4. The fraction of sp³-hybridized carbons (Fsp3) is 0.333. The first kappa shape index (κ1) is 18.0. The molecule has 0 unspecified atom stereocenters. The van der Waals surface area contributed by atoms with E-state index in [-0.39, 0.29) is 5.56 Å². The third kappa shape index (κ3) is 2.92. The van der Waals surface area contributed by atoms with Crippen LogP contribution in [-0.2, 0) is 13.0 Å². The van der Waals surface area contributed by atoms with Gasteiger partial charge in [-0.15, -0.1) is 0 Å². The highest BCUT2D eigenvalue weighted by Crippen LogP contribution is 2.45. The maximum absolute atomic E-state index is 11.6. The number of fused-ring (bicyclic) bond motifs is 5. The Hall–Kier alpha value is -3.08. The molecule has 3 aromatic rings. The van der Waals surface area contributed by atoms with Gasteiger partial charge in [-0.1, -0.05) is 54.8 Å². The van der Waals surface area contributed by atoms with Gasteiger partial charge in [-0.2, -0.15) is 0 Å². The van der Waals surface area contributed by atoms with Crippen LogP contribution < -0.4 is 0 Å². The molecule has 5 rings (SSSR count). The van der Waals surface area contributed by atoms with Gasteiger partial charge in [0.25, 0.3) is 0 Å². The first-order valence-corrected chi connectivity index (χ1v) is 10.3. The lowest BCUT2D eigenvalue weighted by atomic mass is 9.81. The summed E-state index contributed by atoms with van der Waals surface area (Å²) in [6.07, 6.45) is 6.67. The number of aromatic carboxylic acids is 1. The Morgan fingerprint density at radius 1 is 1.07 bits per heavy atom. The third-order valence-corrected chi connectivity index (χ3v) is 6.51. The van der Waals surface area contributed by atoms with Crippen LogP contribution in [0, 0.1) is 0 Å². The second-order valence-corrected chi connectivity index (χ2v) is 8.22. The van der Waals surface area contributed by atoms with Crippen molar-refractivity contribution in [1.82, 2.24) is 4.57 Å². The Labute approximate surface area is 169 Å². The second kappa shape index (κ2) is 7.07. The third-order valence-electron chi connectivity index (χ3n) is 6.51. The van der Waals surface area contributed by atoms with Crippen molar-refractivity contribution in [1.29, 1.82) is 0 Å². The Bertz CT molecular complexity index is 1140. The van der Waals surface area contributed by atoms with Crippen molar-refractivity contribution >= 4 is 22.6 Å². The van der Waals surface area contributed by atoms with E-state index in [0.29, 0.717) is 24.6 Å². The summed E-state index contributed by atoms with van der Waals surface area (Å²) in [5.74, 6) is -0.453. The van der Waals surface area contributed by atoms with Gasteiger partial charge in [0.15, 0.2) is 0 Å². The Morgan fingerprint density at radius 3 is 2.62 bits per heavy atom. The predicted molar refractivity (Wildman–Crippen MR) is 113 cm³/mol. The van der Waals surface area contributed by atoms with E-state index >= 15 is 0 Å². The van der Waals surface area contributed by atoms with Gasteiger partial charge >= 0.3 is 5.97 Å². The molecule has 0 radical (unpaired) electrons. The lowest BCUT2D eigenvalue weighted by Crippen LogP contribution is -2.11. The molecule has 1 aromatic heterocycles. The van der Waals surface area contributed by atoms with Crippen LogP contribution >= 0.6 is 0 Å². The van der Waals surface area contributed by atoms with Crippen LogP contribution in [0.4, 0.5) is 0 Å². The number of carboxylic acids is 1. The molecule has 1 aliphatic heterocycles. The molecule has 0 amide bonds. The molecule has 0 saturated heterocycles. The van der Waals surface area contributed by atoms with Gasteiger partial charge in [0.2, 0.25) is 0 Å². The lowest BCUT2D eigenvalue weighted by molar-refractivity contribution is 0.0697. The Kier molecular flexibility index (Phi) is 4.38. The van der Waals surface area contributed by atoms with Crippen molar-refractivity contribution in [2.45, 2.75) is 51.0 Å². The number of hydrogen-bond donors (Lipinski definition) is 2. The van der Waals surface area contributed by atoms with Crippen molar-refractivity contribution in [2.24, 2.45) is 5.16 Å². The molecule has 0 atom stereocenters. The number of oxime groups is 1. The molecule has 2 aromatic carbocycles. The molecular weight excluding hydrogens is 364 g/mol. The molecule has 1 fully saturated rings. The van der Waals surface area contributed by atoms with E-state index in [1.54, 1.807) is 12.1 Å². The second-order valence-electron chi connectivity index (χ2n) is 8.22. The summed E-state index contributed by atoms with van der Waals surface area (Å²) in [6.45, 7) is 0.465. The topological polar surface area (TPSA) is 74.8 Å². The highest BCUT2D eigenvalue weighted by molar-refractivity contribution is 6.01. The van der Waals surface area contributed by atoms with Crippen LogP contribution in [0.15, 0.2) is 47.6 Å². The molecule has 2 N–H and O–H groups in total. The van der Waals surface area contributed by atoms with Gasteiger partial charge in [-0.3, -0.25) is 0 Å². The minimum absolute atomic E-state index is 0.285. The molecule has 2 heterocycles. The molecule has 148 valence electrons. The first-order chi connectivity index (χ1) is 14.2. The minimum Gasteiger partial charge on any atom is -0.478 e. The number of hydrogen-bond acceptors (Lipinski definition) is 3. The van der Waals surface area contributed by atoms with Crippen LogP contribution in [0.2, 0.25) is 0 Å². The molecule has 0 bridgehead atoms. The number of rotatable bonds is 2. The normalized spacial score (nSPS) is 18.4. The standard InChI is InChI=1S/C24H24N2O3/c27-24(28)17-10-11-20-21(13-17)26-14-18(25-29)12-16-8-4-5-9-19(16)23(26)22(20)15-6-2-1-3-7-15/h4-5,8-11,13,15,29H,1-3,6-7,12,14H2,(H,27,28)/b25-18+. The number of carboxylic acid groups (broad SMARTS) is 1. The number of aromatic nitrogens is 1. The van der Waals surface area contributed by atoms with E-state index in [4.69, 9.17) is 0 Å². The van der Waals surface area contributed by atoms with Crippen LogP contribution in [-0.4, -0.2) is 26.6 Å². The van der Waals surface area contributed by atoms with Crippen molar-refractivity contribution in [2.75, 3.05) is 0 Å². The monoisotopic (exact) mass is 388 g/mol. The molecular formula is C24H24N2O3. The average molecular weight is 388 g/mol. The van der Waals surface area contributed by atoms with E-state index in [1.165, 1.54) is 36.1 Å². The summed E-state index contributed by atoms with van der Waals surface area (Å²) in [5, 5.41) is 23.9. The molecule has 5 heteroatoms. The molecule has 0 spiro atoms. The zero-order chi connectivity index (χ0) is 20.0. The van der Waals surface area contributed by atoms with Crippen molar-refractivity contribution < 1.29 is 15.1 Å². The zero-order valence-corrected chi connectivity index (χ0v) is 16.3. The minimum atomic E-state index is -0.924. The number of carbonyl (C=O) groups is 1. The summed E-state index contributed by atoms with van der Waals surface area (Å²) in [5.41, 5.74) is 6.71. The number of nitrogens with zero attached hydrogens (tertiary/aromatic N) is 2. The SMILES string of the molecule is O=C(O)c1ccc2c(C3CCCCC3)c3n(c2c1)C/C(=N/O)Cc1ccccc1-3. The summed E-state index contributed by atoms with van der Waals surface area (Å²) in [7, 11) is 0. The van der Waals surface area contributed by atoms with Gasteiger partial charge < -0.3 is 14.9 Å². The van der Waals surface area contributed by atoms with Crippen LogP contribution in [0.1, 0.15) is 59.5 Å². The van der Waals surface area contributed by atoms with Gasteiger partial charge in [0, 0.05) is 17.4 Å². The zero-order valence-electron chi connectivity index (χ0n) is 16.3. The van der Waals surface area contributed by atoms with Gasteiger partial charge in [0.1, 0.15) is 0 Å². The first-order valence-electron chi connectivity index (χ1n) is 10.3. The Balaban J connectivity index is 1.87. The van der Waals surface area contributed by atoms with E-state index < -0.39 is 5.97 Å². The number of benzene rings is 2. The van der Waals surface area contributed by atoms with Crippen LogP contribution in [0.3, 0.4) is 0 Å². The summed E-state index contributed by atoms with van der Waals surface area (Å²) >= 11 is 0. The summed E-state index contributed by atoms with van der Waals surface area (Å²) in [6, 6.07) is 13.8. The Morgan fingerprint density at radius 2 is 1.86 bits per heavy atom. The molecule has 29 heavy (non-hydrogen) atoms. The largest absolute Gasteiger partial charge is 0.478 e. The maximum atomic E-state index is 11.6. The maximum Gasteiger partial charge on any atom is 0.335 e. The van der Waals surface area contributed by atoms with E-state index in [1.807, 2.05) is 12.1 Å². The smallest absolute Gasteiger partial charge is 0.335 e. The average Bonchev–Trinajstić information content (AvgIpc) is 2.97. The lowest BCUT2D eigenvalue weighted by Gasteiger charge is -2.23. The van der Waals surface area contributed by atoms with Gasteiger partial charge in [-0.05, 0) is 42.0 Å². The molecule has 1 aliphatic carbocycles. The van der Waals surface area contributed by atoms with Crippen molar-refractivity contribution in [3.05, 3.63) is 59.2 Å². The summed E-state index contributed by atoms with van der Waals surface area (Å²) in [4.78, 5) is 11.6. The van der Waals surface area contributed by atoms with Gasteiger partial charge in [-0.25, -0.2) is 4.79 Å². The highest BCUT2D eigenvalue weighted by Gasteiger charge is 2.30. The van der Waals surface area contributed by atoms with Crippen LogP contribution in [0.25, 0.3) is 22.2 Å². The van der Waals surface area contributed by atoms with Crippen molar-refractivity contribution in [3.8, 4) is 11.3 Å². The molecule has 2 aliphatic rings. The molecule has 1 saturated carbocycles.